The number of benzene rings is 1. The molecule has 0 saturated carbocycles. The van der Waals surface area contributed by atoms with Crippen LogP contribution in [0.3, 0.4) is 0 Å². The van der Waals surface area contributed by atoms with Gasteiger partial charge < -0.3 is 10.6 Å². The largest absolute Gasteiger partial charge is 0.384 e. The predicted octanol–water partition coefficient (Wildman–Crippen LogP) is 3.86. The molecular weight excluding hydrogens is 270 g/mol. The highest BCUT2D eigenvalue weighted by Gasteiger charge is 2.24. The van der Waals surface area contributed by atoms with Crippen LogP contribution >= 0.6 is 11.6 Å². The molecule has 1 heterocycles. The van der Waals surface area contributed by atoms with Gasteiger partial charge in [0.25, 0.3) is 5.92 Å². The number of hydrogen-bond acceptors (Lipinski definition) is 2. The van der Waals surface area contributed by atoms with Crippen molar-refractivity contribution in [2.75, 3.05) is 25.0 Å². The smallest absolute Gasteiger partial charge is 0.270 e. The summed E-state index contributed by atoms with van der Waals surface area (Å²) in [5, 5.41) is 6.94. The van der Waals surface area contributed by atoms with Crippen molar-refractivity contribution in [1.29, 1.82) is 0 Å². The molecule has 106 valence electrons. The number of halogens is 3. The Labute approximate surface area is 117 Å². The van der Waals surface area contributed by atoms with Crippen LogP contribution in [-0.2, 0) is 5.92 Å². The Kier molecular flexibility index (Phi) is 4.63. The van der Waals surface area contributed by atoms with Gasteiger partial charge in [0.15, 0.2) is 0 Å². The highest BCUT2D eigenvalue weighted by molar-refractivity contribution is 6.33. The van der Waals surface area contributed by atoms with E-state index >= 15 is 0 Å². The van der Waals surface area contributed by atoms with Crippen molar-refractivity contribution in [2.24, 2.45) is 5.92 Å². The molecule has 2 nitrogen and oxygen atoms in total. The molecule has 5 heteroatoms. The van der Waals surface area contributed by atoms with Crippen LogP contribution in [0.5, 0.6) is 0 Å². The Morgan fingerprint density at radius 3 is 2.84 bits per heavy atom. The van der Waals surface area contributed by atoms with E-state index in [1.54, 1.807) is 6.07 Å². The summed E-state index contributed by atoms with van der Waals surface area (Å²) in [7, 11) is 0. The van der Waals surface area contributed by atoms with Crippen molar-refractivity contribution in [2.45, 2.75) is 25.7 Å². The van der Waals surface area contributed by atoms with Gasteiger partial charge in [-0.25, -0.2) is 8.78 Å². The summed E-state index contributed by atoms with van der Waals surface area (Å²) in [6.07, 6.45) is 2.36. The monoisotopic (exact) mass is 288 g/mol. The summed E-state index contributed by atoms with van der Waals surface area (Å²) in [5.41, 5.74) is 0.669. The Hall–Kier alpha value is -0.870. The van der Waals surface area contributed by atoms with E-state index < -0.39 is 5.92 Å². The van der Waals surface area contributed by atoms with Crippen LogP contribution in [0.2, 0.25) is 5.02 Å². The number of piperidine rings is 1. The van der Waals surface area contributed by atoms with E-state index in [1.807, 2.05) is 0 Å². The van der Waals surface area contributed by atoms with Crippen molar-refractivity contribution in [3.63, 3.8) is 0 Å². The van der Waals surface area contributed by atoms with Crippen LogP contribution in [0.25, 0.3) is 0 Å². The Morgan fingerprint density at radius 1 is 1.47 bits per heavy atom. The Bertz CT molecular complexity index is 426. The zero-order valence-corrected chi connectivity index (χ0v) is 11.7. The van der Waals surface area contributed by atoms with E-state index in [0.717, 1.165) is 32.2 Å². The van der Waals surface area contributed by atoms with Crippen molar-refractivity contribution in [3.05, 3.63) is 28.8 Å². The maximum absolute atomic E-state index is 13.2. The third-order valence-electron chi connectivity index (χ3n) is 3.46. The maximum atomic E-state index is 13.2. The molecule has 1 aliphatic rings. The van der Waals surface area contributed by atoms with Gasteiger partial charge in [0.05, 0.1) is 10.7 Å². The predicted molar refractivity (Wildman–Crippen MR) is 75.1 cm³/mol. The lowest BCUT2D eigenvalue weighted by atomic mass is 9.99. The SMILES string of the molecule is CC(F)(F)c1ccc(NCC2CCCNC2)c(Cl)c1. The molecule has 1 aromatic carbocycles. The quantitative estimate of drug-likeness (QED) is 0.879. The first-order valence-electron chi connectivity index (χ1n) is 6.59. The fourth-order valence-electron chi connectivity index (χ4n) is 2.28. The second-order valence-corrected chi connectivity index (χ2v) is 5.58. The van der Waals surface area contributed by atoms with Crippen molar-refractivity contribution < 1.29 is 8.78 Å². The first-order valence-corrected chi connectivity index (χ1v) is 6.97. The maximum Gasteiger partial charge on any atom is 0.270 e. The van der Waals surface area contributed by atoms with Gasteiger partial charge in [-0.3, -0.25) is 0 Å². The van der Waals surface area contributed by atoms with Gasteiger partial charge in [-0.15, -0.1) is 0 Å². The minimum atomic E-state index is -2.85. The topological polar surface area (TPSA) is 24.1 Å². The summed E-state index contributed by atoms with van der Waals surface area (Å²) >= 11 is 6.04. The average molecular weight is 289 g/mol. The average Bonchev–Trinajstić information content (AvgIpc) is 2.37. The molecule has 0 spiro atoms. The fraction of sp³-hybridized carbons (Fsp3) is 0.571. The molecule has 2 rings (SSSR count). The molecule has 1 saturated heterocycles. The second-order valence-electron chi connectivity index (χ2n) is 5.18. The number of alkyl halides is 2. The zero-order chi connectivity index (χ0) is 13.9. The van der Waals surface area contributed by atoms with Crippen LogP contribution in [0.4, 0.5) is 14.5 Å². The van der Waals surface area contributed by atoms with Crippen LogP contribution in [0.15, 0.2) is 18.2 Å². The lowest BCUT2D eigenvalue weighted by molar-refractivity contribution is 0.0175. The van der Waals surface area contributed by atoms with E-state index in [0.29, 0.717) is 10.9 Å². The van der Waals surface area contributed by atoms with Crippen LogP contribution < -0.4 is 10.6 Å². The number of anilines is 1. The molecule has 1 unspecified atom stereocenters. The number of nitrogens with one attached hydrogen (secondary N) is 2. The zero-order valence-electron chi connectivity index (χ0n) is 11.0. The van der Waals surface area contributed by atoms with Crippen molar-refractivity contribution in [3.8, 4) is 0 Å². The van der Waals surface area contributed by atoms with Crippen molar-refractivity contribution in [1.82, 2.24) is 5.32 Å². The normalized spacial score (nSPS) is 20.3. The summed E-state index contributed by atoms with van der Waals surface area (Å²) in [6.45, 7) is 3.77. The number of rotatable bonds is 4. The van der Waals surface area contributed by atoms with Gasteiger partial charge in [-0.05, 0) is 44.0 Å². The molecule has 2 N–H and O–H groups in total. The molecular formula is C14H19ClF2N2. The Balaban J connectivity index is 1.97. The molecule has 1 aliphatic heterocycles. The van der Waals surface area contributed by atoms with Gasteiger partial charge >= 0.3 is 0 Å². The Morgan fingerprint density at radius 2 is 2.26 bits per heavy atom. The van der Waals surface area contributed by atoms with E-state index in [-0.39, 0.29) is 5.56 Å². The van der Waals surface area contributed by atoms with E-state index in [2.05, 4.69) is 10.6 Å². The van der Waals surface area contributed by atoms with Crippen LogP contribution in [-0.4, -0.2) is 19.6 Å². The highest BCUT2D eigenvalue weighted by atomic mass is 35.5. The first kappa shape index (κ1) is 14.5. The lowest BCUT2D eigenvalue weighted by Gasteiger charge is -2.23. The standard InChI is InChI=1S/C14H19ClF2N2/c1-14(16,17)11-4-5-13(12(15)7-11)19-9-10-3-2-6-18-8-10/h4-5,7,10,18-19H,2-3,6,8-9H2,1H3. The van der Waals surface area contributed by atoms with Crippen LogP contribution in [0.1, 0.15) is 25.3 Å². The molecule has 1 atom stereocenters. The third kappa shape index (κ3) is 4.05. The summed E-state index contributed by atoms with van der Waals surface area (Å²) in [6, 6.07) is 4.39. The minimum Gasteiger partial charge on any atom is -0.384 e. The molecule has 0 bridgehead atoms. The van der Waals surface area contributed by atoms with E-state index in [1.165, 1.54) is 25.0 Å². The first-order chi connectivity index (χ1) is 8.97. The molecule has 1 fully saturated rings. The molecule has 0 radical (unpaired) electrons. The van der Waals surface area contributed by atoms with Gasteiger partial charge in [0.1, 0.15) is 0 Å². The molecule has 0 aromatic heterocycles. The molecule has 19 heavy (non-hydrogen) atoms. The van der Waals surface area contributed by atoms with Crippen LogP contribution in [0, 0.1) is 5.92 Å². The van der Waals surface area contributed by atoms with Gasteiger partial charge in [-0.1, -0.05) is 17.7 Å². The molecule has 0 amide bonds. The summed E-state index contributed by atoms with van der Waals surface area (Å²) in [4.78, 5) is 0. The molecule has 0 aliphatic carbocycles. The van der Waals surface area contributed by atoms with E-state index in [4.69, 9.17) is 11.6 Å². The number of hydrogen-bond donors (Lipinski definition) is 2. The van der Waals surface area contributed by atoms with Gasteiger partial charge in [0, 0.05) is 19.0 Å². The fourth-order valence-corrected chi connectivity index (χ4v) is 2.53. The summed E-state index contributed by atoms with van der Waals surface area (Å²) < 4.78 is 26.3. The summed E-state index contributed by atoms with van der Waals surface area (Å²) in [5.74, 6) is -2.28. The second kappa shape index (κ2) is 6.06. The lowest BCUT2D eigenvalue weighted by Crippen LogP contribution is -2.33. The third-order valence-corrected chi connectivity index (χ3v) is 3.77. The highest BCUT2D eigenvalue weighted by Crippen LogP contribution is 2.32. The minimum absolute atomic E-state index is 0.0533. The van der Waals surface area contributed by atoms with Gasteiger partial charge in [-0.2, -0.15) is 0 Å². The van der Waals surface area contributed by atoms with E-state index in [9.17, 15) is 8.78 Å². The van der Waals surface area contributed by atoms with Crippen molar-refractivity contribution >= 4 is 17.3 Å². The molecule has 1 aromatic rings. The van der Waals surface area contributed by atoms with Gasteiger partial charge in [0.2, 0.25) is 0 Å².